The molecule has 39 heavy (non-hydrogen) atoms. The van der Waals surface area contributed by atoms with Crippen molar-refractivity contribution in [2.45, 2.75) is 51.4 Å². The van der Waals surface area contributed by atoms with E-state index in [0.29, 0.717) is 23.9 Å². The maximum atomic E-state index is 12.7. The predicted molar refractivity (Wildman–Crippen MR) is 149 cm³/mol. The van der Waals surface area contributed by atoms with E-state index in [1.165, 1.54) is 0 Å². The highest BCUT2D eigenvalue weighted by molar-refractivity contribution is 6.32. The molecule has 2 aliphatic heterocycles. The van der Waals surface area contributed by atoms with Crippen LogP contribution in [0.5, 0.6) is 5.75 Å². The summed E-state index contributed by atoms with van der Waals surface area (Å²) in [5.74, 6) is 0.591. The smallest absolute Gasteiger partial charge is 0.410 e. The van der Waals surface area contributed by atoms with Crippen molar-refractivity contribution >= 4 is 23.3 Å². The molecule has 9 nitrogen and oxygen atoms in total. The second kappa shape index (κ2) is 9.81. The van der Waals surface area contributed by atoms with E-state index in [1.54, 1.807) is 19.5 Å². The fourth-order valence-electron chi connectivity index (χ4n) is 5.60. The molecule has 6 rings (SSSR count). The number of carbonyl (C=O) groups excluding carboxylic acids is 1. The Bertz CT molecular complexity index is 1530. The molecule has 0 radical (unpaired) electrons. The summed E-state index contributed by atoms with van der Waals surface area (Å²) in [6, 6.07) is 12.1. The van der Waals surface area contributed by atoms with Crippen LogP contribution in [0, 0.1) is 0 Å². The number of fused-ring (bicyclic) bond motifs is 3. The SMILES string of the molecule is COc1cc(-c2c(-c3ccncc3)nn3c(CN4C[C@@H]5C[C@H]4CN5C(=O)OC(C)(C)C)ccnc23)ccc1Cl. The van der Waals surface area contributed by atoms with Crippen LogP contribution in [0.4, 0.5) is 4.79 Å². The van der Waals surface area contributed by atoms with Gasteiger partial charge in [0.15, 0.2) is 5.65 Å². The summed E-state index contributed by atoms with van der Waals surface area (Å²) in [4.78, 5) is 26.0. The number of methoxy groups -OCH3 is 1. The van der Waals surface area contributed by atoms with Crippen molar-refractivity contribution in [1.82, 2.24) is 29.4 Å². The molecule has 10 heteroatoms. The second-order valence-corrected chi connectivity index (χ2v) is 11.5. The molecule has 0 aliphatic carbocycles. The van der Waals surface area contributed by atoms with Gasteiger partial charge in [-0.15, -0.1) is 0 Å². The fraction of sp³-hybridized carbons (Fsp3) is 0.379. The van der Waals surface area contributed by atoms with Gasteiger partial charge in [0.25, 0.3) is 0 Å². The van der Waals surface area contributed by atoms with Gasteiger partial charge < -0.3 is 14.4 Å². The molecule has 5 heterocycles. The molecule has 1 aromatic carbocycles. The molecule has 2 atom stereocenters. The molecule has 4 aromatic rings. The zero-order valence-corrected chi connectivity index (χ0v) is 23.2. The van der Waals surface area contributed by atoms with E-state index in [0.717, 1.165) is 46.7 Å². The van der Waals surface area contributed by atoms with Crippen LogP contribution in [0.3, 0.4) is 0 Å². The van der Waals surface area contributed by atoms with Crippen molar-refractivity contribution < 1.29 is 14.3 Å². The van der Waals surface area contributed by atoms with E-state index in [-0.39, 0.29) is 18.2 Å². The van der Waals surface area contributed by atoms with Crippen molar-refractivity contribution in [2.24, 2.45) is 0 Å². The Kier molecular flexibility index (Phi) is 6.43. The largest absolute Gasteiger partial charge is 0.495 e. The van der Waals surface area contributed by atoms with Crippen molar-refractivity contribution in [3.8, 4) is 28.1 Å². The first kappa shape index (κ1) is 25.6. The molecule has 2 bridgehead atoms. The highest BCUT2D eigenvalue weighted by atomic mass is 35.5. The van der Waals surface area contributed by atoms with Crippen LogP contribution < -0.4 is 4.74 Å². The number of aromatic nitrogens is 4. The second-order valence-electron chi connectivity index (χ2n) is 11.1. The Morgan fingerprint density at radius 3 is 2.54 bits per heavy atom. The molecule has 0 unspecified atom stereocenters. The number of carbonyl (C=O) groups is 1. The first-order chi connectivity index (χ1) is 18.7. The van der Waals surface area contributed by atoms with Gasteiger partial charge in [0.2, 0.25) is 0 Å². The van der Waals surface area contributed by atoms with Crippen molar-refractivity contribution in [2.75, 3.05) is 20.2 Å². The molecule has 0 spiro atoms. The normalized spacial score (nSPS) is 19.2. The van der Waals surface area contributed by atoms with Gasteiger partial charge in [0.05, 0.1) is 23.4 Å². The standard InChI is InChI=1S/C29H31ClN6O3/c1-29(2,3)39-28(37)35-17-21-14-22(35)16-34(21)15-20-9-12-32-27-25(19-5-6-23(30)24(13-19)38-4)26(33-36(20)27)18-7-10-31-11-8-18/h5-13,21-22H,14-17H2,1-4H3/t21-,22-/m0/s1. The van der Waals surface area contributed by atoms with Crippen LogP contribution in [-0.4, -0.2) is 73.4 Å². The van der Waals surface area contributed by atoms with E-state index in [9.17, 15) is 4.79 Å². The minimum absolute atomic E-state index is 0.157. The van der Waals surface area contributed by atoms with Crippen LogP contribution >= 0.6 is 11.6 Å². The molecule has 3 aromatic heterocycles. The third-order valence-electron chi connectivity index (χ3n) is 7.34. The highest BCUT2D eigenvalue weighted by Gasteiger charge is 2.46. The Morgan fingerprint density at radius 2 is 1.85 bits per heavy atom. The van der Waals surface area contributed by atoms with Gasteiger partial charge in [-0.25, -0.2) is 14.3 Å². The quantitative estimate of drug-likeness (QED) is 0.335. The van der Waals surface area contributed by atoms with Crippen LogP contribution in [0.2, 0.25) is 5.02 Å². The Hall–Kier alpha value is -3.69. The number of pyridine rings is 1. The summed E-state index contributed by atoms with van der Waals surface area (Å²) < 4.78 is 13.1. The average molecular weight is 547 g/mol. The third-order valence-corrected chi connectivity index (χ3v) is 7.65. The number of rotatable bonds is 5. The summed E-state index contributed by atoms with van der Waals surface area (Å²) >= 11 is 6.34. The van der Waals surface area contributed by atoms with Crippen LogP contribution in [0.25, 0.3) is 28.0 Å². The number of ether oxygens (including phenoxy) is 2. The molecule has 0 saturated carbocycles. The summed E-state index contributed by atoms with van der Waals surface area (Å²) in [5.41, 5.74) is 4.84. The molecular formula is C29H31ClN6O3. The van der Waals surface area contributed by atoms with E-state index < -0.39 is 5.60 Å². The van der Waals surface area contributed by atoms with Gasteiger partial charge >= 0.3 is 6.09 Å². The lowest BCUT2D eigenvalue weighted by Crippen LogP contribution is -2.49. The zero-order valence-electron chi connectivity index (χ0n) is 22.5. The van der Waals surface area contributed by atoms with Crippen LogP contribution in [0.1, 0.15) is 32.9 Å². The van der Waals surface area contributed by atoms with Crippen molar-refractivity contribution in [3.63, 3.8) is 0 Å². The number of nitrogens with zero attached hydrogens (tertiary/aromatic N) is 6. The summed E-state index contributed by atoms with van der Waals surface area (Å²) in [6.45, 7) is 7.87. The highest BCUT2D eigenvalue weighted by Crippen LogP contribution is 2.39. The lowest BCUT2D eigenvalue weighted by Gasteiger charge is -2.35. The van der Waals surface area contributed by atoms with Gasteiger partial charge in [-0.3, -0.25) is 9.88 Å². The molecule has 1 amide bonds. The van der Waals surface area contributed by atoms with E-state index in [2.05, 4.69) is 9.88 Å². The molecule has 202 valence electrons. The zero-order chi connectivity index (χ0) is 27.3. The van der Waals surface area contributed by atoms with Crippen LogP contribution in [0.15, 0.2) is 55.0 Å². The average Bonchev–Trinajstić information content (AvgIpc) is 3.62. The van der Waals surface area contributed by atoms with Gasteiger partial charge in [0, 0.05) is 55.9 Å². The molecule has 2 fully saturated rings. The monoisotopic (exact) mass is 546 g/mol. The fourth-order valence-corrected chi connectivity index (χ4v) is 5.80. The first-order valence-corrected chi connectivity index (χ1v) is 13.4. The lowest BCUT2D eigenvalue weighted by molar-refractivity contribution is 0.0122. The predicted octanol–water partition coefficient (Wildman–Crippen LogP) is 5.31. The number of benzene rings is 1. The number of halogens is 1. The molecule has 0 N–H and O–H groups in total. The van der Waals surface area contributed by atoms with Crippen LogP contribution in [-0.2, 0) is 11.3 Å². The number of hydrogen-bond acceptors (Lipinski definition) is 7. The molecule has 2 aliphatic rings. The molecular weight excluding hydrogens is 516 g/mol. The lowest BCUT2D eigenvalue weighted by atomic mass is 10.0. The number of piperazine rings is 1. The van der Waals surface area contributed by atoms with E-state index >= 15 is 0 Å². The van der Waals surface area contributed by atoms with Gasteiger partial charge in [-0.05, 0) is 63.1 Å². The Morgan fingerprint density at radius 1 is 1.05 bits per heavy atom. The minimum Gasteiger partial charge on any atom is -0.495 e. The third kappa shape index (κ3) is 4.81. The number of likely N-dealkylation sites (tertiary alicyclic amines) is 2. The number of hydrogen-bond donors (Lipinski definition) is 0. The number of amides is 1. The maximum absolute atomic E-state index is 12.7. The first-order valence-electron chi connectivity index (χ1n) is 13.1. The van der Waals surface area contributed by atoms with E-state index in [1.807, 2.05) is 72.8 Å². The minimum atomic E-state index is -0.500. The van der Waals surface area contributed by atoms with Gasteiger partial charge in [0.1, 0.15) is 17.0 Å². The summed E-state index contributed by atoms with van der Waals surface area (Å²) in [6.07, 6.45) is 6.08. The summed E-state index contributed by atoms with van der Waals surface area (Å²) in [7, 11) is 1.61. The Labute approximate surface area is 232 Å². The van der Waals surface area contributed by atoms with Crippen molar-refractivity contribution in [3.05, 3.63) is 65.7 Å². The van der Waals surface area contributed by atoms with Crippen molar-refractivity contribution in [1.29, 1.82) is 0 Å². The maximum Gasteiger partial charge on any atom is 0.410 e. The van der Waals surface area contributed by atoms with Gasteiger partial charge in [-0.2, -0.15) is 5.10 Å². The summed E-state index contributed by atoms with van der Waals surface area (Å²) in [5, 5.41) is 5.61. The molecule has 2 saturated heterocycles. The Balaban J connectivity index is 1.34. The topological polar surface area (TPSA) is 85.1 Å². The van der Waals surface area contributed by atoms with E-state index in [4.69, 9.17) is 31.2 Å². The van der Waals surface area contributed by atoms with Gasteiger partial charge in [-0.1, -0.05) is 17.7 Å².